The quantitative estimate of drug-likeness (QED) is 0.246. The van der Waals surface area contributed by atoms with Crippen molar-refractivity contribution in [3.8, 4) is 22.3 Å². The van der Waals surface area contributed by atoms with Gasteiger partial charge in [0.2, 0.25) is 0 Å². The average molecular weight is 592 g/mol. The van der Waals surface area contributed by atoms with Gasteiger partial charge in [-0.3, -0.25) is 0 Å². The minimum atomic E-state index is 0. The molecule has 4 heteroatoms. The van der Waals surface area contributed by atoms with E-state index in [1.165, 1.54) is 33.4 Å². The van der Waals surface area contributed by atoms with Crippen LogP contribution in [0.25, 0.3) is 22.3 Å². The molecule has 0 atom stereocenters. The van der Waals surface area contributed by atoms with Gasteiger partial charge in [0.05, 0.1) is 0 Å². The van der Waals surface area contributed by atoms with Crippen molar-refractivity contribution in [2.24, 2.45) is 5.10 Å². The van der Waals surface area contributed by atoms with Crippen LogP contribution in [0, 0.1) is 26.6 Å². The normalized spacial score (nSPS) is 13.6. The largest absolute Gasteiger partial charge is 0.476 e. The Kier molecular flexibility index (Phi) is 5.20. The number of hydrogen-bond acceptors (Lipinski definition) is 3. The van der Waals surface area contributed by atoms with E-state index in [-0.39, 0.29) is 20.1 Å². The standard InChI is InChI=1S/C28H21N3.Ir/c1-19-9-8-10-20(2)27(19)21-15-16-26-25(17-21)23-13-6-7-14-24(23)28-29-31(18-30(26)28)22-11-4-3-5-12-22;/h3-15,17-18H,1-2H3;/q-2;. The fourth-order valence-corrected chi connectivity index (χ4v) is 4.61. The van der Waals surface area contributed by atoms with Crippen LogP contribution in [0.1, 0.15) is 16.7 Å². The third-order valence-corrected chi connectivity index (χ3v) is 6.06. The second kappa shape index (κ2) is 8.05. The molecule has 6 rings (SSSR count). The Bertz CT molecular complexity index is 1320. The summed E-state index contributed by atoms with van der Waals surface area (Å²) in [4.78, 5) is 2.15. The van der Waals surface area contributed by atoms with Crippen LogP contribution < -0.4 is 9.91 Å². The van der Waals surface area contributed by atoms with Gasteiger partial charge in [-0.05, 0) is 26.0 Å². The van der Waals surface area contributed by atoms with Crippen molar-refractivity contribution in [1.29, 1.82) is 0 Å². The maximum absolute atomic E-state index is 4.93. The van der Waals surface area contributed by atoms with Crippen molar-refractivity contribution in [3.05, 3.63) is 114 Å². The van der Waals surface area contributed by atoms with Crippen molar-refractivity contribution in [1.82, 2.24) is 0 Å². The zero-order valence-electron chi connectivity index (χ0n) is 17.8. The van der Waals surface area contributed by atoms with Crippen LogP contribution in [0.3, 0.4) is 0 Å². The number of fused-ring (bicyclic) bond motifs is 6. The van der Waals surface area contributed by atoms with E-state index in [0.717, 1.165) is 22.8 Å². The van der Waals surface area contributed by atoms with Crippen LogP contribution in [-0.2, 0) is 20.1 Å². The van der Waals surface area contributed by atoms with Gasteiger partial charge in [0.1, 0.15) is 5.84 Å². The van der Waals surface area contributed by atoms with Crippen molar-refractivity contribution >= 4 is 17.2 Å². The molecule has 0 amide bonds. The summed E-state index contributed by atoms with van der Waals surface area (Å²) in [5.41, 5.74) is 10.6. The Labute approximate surface area is 202 Å². The molecule has 4 aromatic carbocycles. The first-order valence-electron chi connectivity index (χ1n) is 10.5. The van der Waals surface area contributed by atoms with Crippen molar-refractivity contribution in [2.45, 2.75) is 13.8 Å². The number of hydrogen-bond donors (Lipinski definition) is 0. The summed E-state index contributed by atoms with van der Waals surface area (Å²) in [7, 11) is 0. The molecule has 0 aromatic heterocycles. The van der Waals surface area contributed by atoms with Gasteiger partial charge in [0.25, 0.3) is 0 Å². The van der Waals surface area contributed by atoms with Gasteiger partial charge in [-0.2, -0.15) is 23.3 Å². The molecule has 159 valence electrons. The number of para-hydroxylation sites is 1. The van der Waals surface area contributed by atoms with E-state index in [2.05, 4.69) is 98.2 Å². The molecule has 2 aliphatic heterocycles. The maximum Gasteiger partial charge on any atom is 0.127 e. The number of anilines is 2. The molecule has 0 aliphatic carbocycles. The minimum Gasteiger partial charge on any atom is -0.476 e. The molecule has 0 fully saturated rings. The van der Waals surface area contributed by atoms with Crippen LogP contribution >= 0.6 is 0 Å². The maximum atomic E-state index is 4.93. The number of benzene rings is 4. The van der Waals surface area contributed by atoms with Gasteiger partial charge < -0.3 is 9.91 Å². The van der Waals surface area contributed by atoms with E-state index in [9.17, 15) is 0 Å². The molecule has 0 bridgehead atoms. The summed E-state index contributed by atoms with van der Waals surface area (Å²) in [5.74, 6) is 0.933. The fourth-order valence-electron chi connectivity index (χ4n) is 4.61. The first-order chi connectivity index (χ1) is 15.2. The Morgan fingerprint density at radius 1 is 0.781 bits per heavy atom. The monoisotopic (exact) mass is 592 g/mol. The Balaban J connectivity index is 0.00000216. The molecule has 0 spiro atoms. The molecule has 1 radical (unpaired) electrons. The second-order valence-corrected chi connectivity index (χ2v) is 8.05. The van der Waals surface area contributed by atoms with E-state index in [1.54, 1.807) is 0 Å². The topological polar surface area (TPSA) is 18.8 Å². The first kappa shape index (κ1) is 20.7. The van der Waals surface area contributed by atoms with Crippen LogP contribution in [-0.4, -0.2) is 5.84 Å². The number of aryl methyl sites for hydroxylation is 2. The van der Waals surface area contributed by atoms with Gasteiger partial charge in [-0.15, -0.1) is 17.8 Å². The summed E-state index contributed by atoms with van der Waals surface area (Å²) in [6.07, 6.45) is 0. The van der Waals surface area contributed by atoms with Gasteiger partial charge >= 0.3 is 0 Å². The zero-order chi connectivity index (χ0) is 20.9. The fraction of sp³-hybridized carbons (Fsp3) is 0.0714. The van der Waals surface area contributed by atoms with Crippen LogP contribution in [0.4, 0.5) is 11.4 Å². The van der Waals surface area contributed by atoms with Crippen molar-refractivity contribution in [3.63, 3.8) is 0 Å². The first-order valence-corrected chi connectivity index (χ1v) is 10.5. The third kappa shape index (κ3) is 3.19. The Morgan fingerprint density at radius 2 is 1.47 bits per heavy atom. The summed E-state index contributed by atoms with van der Waals surface area (Å²) in [6, 6.07) is 33.2. The van der Waals surface area contributed by atoms with E-state index in [0.29, 0.717) is 0 Å². The van der Waals surface area contributed by atoms with E-state index in [4.69, 9.17) is 5.10 Å². The molecule has 0 N–H and O–H groups in total. The van der Waals surface area contributed by atoms with Crippen LogP contribution in [0.2, 0.25) is 0 Å². The van der Waals surface area contributed by atoms with Crippen LogP contribution in [0.5, 0.6) is 0 Å². The molecular weight excluding hydrogens is 571 g/mol. The van der Waals surface area contributed by atoms with Gasteiger partial charge in [0.15, 0.2) is 0 Å². The van der Waals surface area contributed by atoms with E-state index >= 15 is 0 Å². The third-order valence-electron chi connectivity index (χ3n) is 6.06. The molecule has 0 unspecified atom stereocenters. The molecule has 4 aromatic rings. The average Bonchev–Trinajstić information content (AvgIpc) is 3.26. The van der Waals surface area contributed by atoms with Gasteiger partial charge in [0, 0.05) is 31.4 Å². The number of rotatable bonds is 2. The second-order valence-electron chi connectivity index (χ2n) is 8.05. The summed E-state index contributed by atoms with van der Waals surface area (Å²) in [5, 5.41) is 6.87. The molecule has 3 nitrogen and oxygen atoms in total. The minimum absolute atomic E-state index is 0. The van der Waals surface area contributed by atoms with Crippen molar-refractivity contribution in [2.75, 3.05) is 9.91 Å². The summed E-state index contributed by atoms with van der Waals surface area (Å²) >= 11 is 0. The zero-order valence-corrected chi connectivity index (χ0v) is 20.2. The number of hydrazone groups is 1. The van der Waals surface area contributed by atoms with E-state index < -0.39 is 0 Å². The van der Waals surface area contributed by atoms with E-state index in [1.807, 2.05) is 23.2 Å². The molecule has 0 saturated heterocycles. The van der Waals surface area contributed by atoms with Gasteiger partial charge in [-0.1, -0.05) is 88.6 Å². The van der Waals surface area contributed by atoms with Crippen molar-refractivity contribution < 1.29 is 20.1 Å². The Morgan fingerprint density at radius 3 is 2.22 bits per heavy atom. The molecule has 2 heterocycles. The van der Waals surface area contributed by atoms with Crippen LogP contribution in [0.15, 0.2) is 90.0 Å². The molecule has 2 aliphatic rings. The molecular formula is C28H21IrN3-2. The Hall–Kier alpha value is -3.20. The summed E-state index contributed by atoms with van der Waals surface area (Å²) < 4.78 is 0. The molecule has 32 heavy (non-hydrogen) atoms. The number of amidine groups is 1. The summed E-state index contributed by atoms with van der Waals surface area (Å²) in [6.45, 7) is 6.40. The predicted octanol–water partition coefficient (Wildman–Crippen LogP) is 6.56. The van der Waals surface area contributed by atoms with Gasteiger partial charge in [-0.25, -0.2) is 0 Å². The molecule has 0 saturated carbocycles. The predicted molar refractivity (Wildman–Crippen MR) is 128 cm³/mol. The smallest absolute Gasteiger partial charge is 0.127 e. The SMILES string of the molecule is Cc1cccc(C)c1-c1c[c-]c2c(c1)-c1ccccc1C1=NN(c3ccccc3)[CH-]N12.[Ir]. The number of nitrogens with zero attached hydrogens (tertiary/aromatic N) is 3.